The van der Waals surface area contributed by atoms with Crippen LogP contribution in [-0.2, 0) is 13.1 Å². The summed E-state index contributed by atoms with van der Waals surface area (Å²) in [4.78, 5) is 13.9. The van der Waals surface area contributed by atoms with Gasteiger partial charge < -0.3 is 9.09 Å². The molecule has 0 amide bonds. The molecule has 8 heteroatoms. The molecule has 1 aromatic carbocycles. The molecule has 0 N–H and O–H groups in total. The summed E-state index contributed by atoms with van der Waals surface area (Å²) in [5.74, 6) is 2.61. The maximum Gasteiger partial charge on any atom is 0.229 e. The van der Waals surface area contributed by atoms with E-state index in [0.717, 1.165) is 48.1 Å². The van der Waals surface area contributed by atoms with Crippen molar-refractivity contribution in [3.8, 4) is 22.8 Å². The molecule has 0 radical (unpaired) electrons. The highest BCUT2D eigenvalue weighted by Crippen LogP contribution is 2.33. The predicted octanol–water partition coefficient (Wildman–Crippen LogP) is 3.92. The van der Waals surface area contributed by atoms with Gasteiger partial charge in [0, 0.05) is 18.0 Å². The van der Waals surface area contributed by atoms with Crippen molar-refractivity contribution < 1.29 is 4.52 Å². The minimum atomic E-state index is 0.404. The van der Waals surface area contributed by atoms with Crippen LogP contribution < -0.4 is 0 Å². The highest BCUT2D eigenvalue weighted by atomic mass is 16.5. The molecule has 148 valence electrons. The van der Waals surface area contributed by atoms with Crippen molar-refractivity contribution in [3.05, 3.63) is 54.7 Å². The molecule has 5 rings (SSSR count). The molecule has 0 bridgehead atoms. The second-order valence-corrected chi connectivity index (χ2v) is 7.37. The van der Waals surface area contributed by atoms with E-state index < -0.39 is 0 Å². The van der Waals surface area contributed by atoms with Gasteiger partial charge in [-0.05, 0) is 19.8 Å². The number of rotatable bonds is 6. The van der Waals surface area contributed by atoms with E-state index in [9.17, 15) is 0 Å². The lowest BCUT2D eigenvalue weighted by molar-refractivity contribution is 0.349. The number of hydrogen-bond acceptors (Lipinski definition) is 6. The molecule has 1 saturated carbocycles. The standard InChI is InChI=1S/C21H23N7O/c1-2-28-20(22-13-24-28)19-18(15-8-4-3-5-9-15)23-14-27(19)12-17-25-21(29-26-17)16-10-6-7-11-16/h3-5,8-9,13-14,16H,2,6-7,10-12H2,1H3. The number of nitrogens with zero attached hydrogens (tertiary/aromatic N) is 7. The van der Waals surface area contributed by atoms with E-state index in [-0.39, 0.29) is 0 Å². The van der Waals surface area contributed by atoms with Gasteiger partial charge >= 0.3 is 0 Å². The van der Waals surface area contributed by atoms with Crippen LogP contribution in [0.3, 0.4) is 0 Å². The molecule has 0 unspecified atom stereocenters. The lowest BCUT2D eigenvalue weighted by Gasteiger charge is -2.09. The number of benzene rings is 1. The molecule has 4 aromatic rings. The van der Waals surface area contributed by atoms with Gasteiger partial charge in [-0.1, -0.05) is 48.3 Å². The minimum Gasteiger partial charge on any atom is -0.339 e. The van der Waals surface area contributed by atoms with E-state index in [1.807, 2.05) is 40.7 Å². The van der Waals surface area contributed by atoms with E-state index in [0.29, 0.717) is 18.3 Å². The first-order valence-corrected chi connectivity index (χ1v) is 10.1. The molecule has 0 atom stereocenters. The van der Waals surface area contributed by atoms with Crippen molar-refractivity contribution in [3.63, 3.8) is 0 Å². The zero-order valence-corrected chi connectivity index (χ0v) is 16.4. The average Bonchev–Trinajstić information content (AvgIpc) is 3.54. The number of imidazole rings is 1. The molecular weight excluding hydrogens is 366 g/mol. The SMILES string of the molecule is CCn1ncnc1-c1c(-c2ccccc2)ncn1Cc1noc(C2CCCC2)n1. The van der Waals surface area contributed by atoms with Gasteiger partial charge in [0.1, 0.15) is 12.0 Å². The van der Waals surface area contributed by atoms with Crippen molar-refractivity contribution in [2.24, 2.45) is 0 Å². The fourth-order valence-corrected chi connectivity index (χ4v) is 4.05. The maximum atomic E-state index is 5.56. The third-order valence-corrected chi connectivity index (χ3v) is 5.51. The van der Waals surface area contributed by atoms with Gasteiger partial charge in [-0.25, -0.2) is 14.6 Å². The molecular formula is C21H23N7O. The van der Waals surface area contributed by atoms with E-state index in [4.69, 9.17) is 9.51 Å². The molecule has 29 heavy (non-hydrogen) atoms. The summed E-state index contributed by atoms with van der Waals surface area (Å²) in [5.41, 5.74) is 2.81. The number of aromatic nitrogens is 7. The first-order valence-electron chi connectivity index (χ1n) is 10.1. The number of aryl methyl sites for hydroxylation is 1. The molecule has 1 aliphatic rings. The van der Waals surface area contributed by atoms with Crippen LogP contribution in [0.4, 0.5) is 0 Å². The van der Waals surface area contributed by atoms with E-state index in [1.54, 1.807) is 6.33 Å². The van der Waals surface area contributed by atoms with E-state index in [2.05, 4.69) is 32.4 Å². The number of hydrogen-bond donors (Lipinski definition) is 0. The van der Waals surface area contributed by atoms with Crippen LogP contribution in [0.2, 0.25) is 0 Å². The highest BCUT2D eigenvalue weighted by molar-refractivity contribution is 5.75. The molecule has 3 heterocycles. The van der Waals surface area contributed by atoms with Crippen molar-refractivity contribution in [1.29, 1.82) is 0 Å². The Kier molecular flexibility index (Phi) is 4.67. The third kappa shape index (κ3) is 3.35. The summed E-state index contributed by atoms with van der Waals surface area (Å²) in [6.45, 7) is 3.25. The Morgan fingerprint density at radius 2 is 1.93 bits per heavy atom. The van der Waals surface area contributed by atoms with Crippen LogP contribution in [0.5, 0.6) is 0 Å². The smallest absolute Gasteiger partial charge is 0.229 e. The lowest BCUT2D eigenvalue weighted by atomic mass is 10.1. The van der Waals surface area contributed by atoms with E-state index in [1.165, 1.54) is 12.8 Å². The van der Waals surface area contributed by atoms with Gasteiger partial charge in [-0.3, -0.25) is 0 Å². The van der Waals surface area contributed by atoms with Gasteiger partial charge in [0.15, 0.2) is 11.6 Å². The minimum absolute atomic E-state index is 0.404. The molecule has 3 aromatic heterocycles. The Labute approximate surface area is 168 Å². The lowest BCUT2D eigenvalue weighted by Crippen LogP contribution is -2.07. The van der Waals surface area contributed by atoms with Crippen molar-refractivity contribution in [2.75, 3.05) is 0 Å². The van der Waals surface area contributed by atoms with Crippen LogP contribution in [-0.4, -0.2) is 34.5 Å². The molecule has 0 saturated heterocycles. The van der Waals surface area contributed by atoms with Crippen LogP contribution in [0.25, 0.3) is 22.8 Å². The second-order valence-electron chi connectivity index (χ2n) is 7.37. The zero-order valence-electron chi connectivity index (χ0n) is 16.4. The van der Waals surface area contributed by atoms with Crippen molar-refractivity contribution in [1.82, 2.24) is 34.5 Å². The van der Waals surface area contributed by atoms with Crippen LogP contribution in [0.1, 0.15) is 50.2 Å². The summed E-state index contributed by atoms with van der Waals surface area (Å²) in [7, 11) is 0. The predicted molar refractivity (Wildman–Crippen MR) is 107 cm³/mol. The van der Waals surface area contributed by atoms with Crippen LogP contribution in [0.15, 0.2) is 47.5 Å². The Balaban J connectivity index is 1.54. The summed E-state index contributed by atoms with van der Waals surface area (Å²) in [6, 6.07) is 10.1. The first kappa shape index (κ1) is 17.8. The fraction of sp³-hybridized carbons (Fsp3) is 0.381. The molecule has 0 spiro atoms. The Morgan fingerprint density at radius 1 is 1.10 bits per heavy atom. The quantitative estimate of drug-likeness (QED) is 0.497. The highest BCUT2D eigenvalue weighted by Gasteiger charge is 2.24. The van der Waals surface area contributed by atoms with Gasteiger partial charge in [0.05, 0.1) is 18.6 Å². The first-order chi connectivity index (χ1) is 14.3. The zero-order chi connectivity index (χ0) is 19.6. The largest absolute Gasteiger partial charge is 0.339 e. The van der Waals surface area contributed by atoms with Gasteiger partial charge in [-0.2, -0.15) is 10.1 Å². The van der Waals surface area contributed by atoms with Crippen molar-refractivity contribution >= 4 is 0 Å². The molecule has 8 nitrogen and oxygen atoms in total. The van der Waals surface area contributed by atoms with Gasteiger partial charge in [0.2, 0.25) is 5.89 Å². The van der Waals surface area contributed by atoms with E-state index >= 15 is 0 Å². The topological polar surface area (TPSA) is 87.5 Å². The normalized spacial score (nSPS) is 14.7. The fourth-order valence-electron chi connectivity index (χ4n) is 4.05. The molecule has 1 aliphatic carbocycles. The average molecular weight is 389 g/mol. The summed E-state index contributed by atoms with van der Waals surface area (Å²) in [6.07, 6.45) is 8.14. The Bertz CT molecular complexity index is 1090. The Hall–Kier alpha value is -3.29. The summed E-state index contributed by atoms with van der Waals surface area (Å²) < 4.78 is 9.46. The third-order valence-electron chi connectivity index (χ3n) is 5.51. The van der Waals surface area contributed by atoms with Gasteiger partial charge in [0.25, 0.3) is 0 Å². The summed E-state index contributed by atoms with van der Waals surface area (Å²) in [5, 5.41) is 8.57. The van der Waals surface area contributed by atoms with Crippen LogP contribution >= 0.6 is 0 Å². The van der Waals surface area contributed by atoms with Crippen molar-refractivity contribution in [2.45, 2.75) is 51.6 Å². The molecule has 0 aliphatic heterocycles. The summed E-state index contributed by atoms with van der Waals surface area (Å²) >= 11 is 0. The second kappa shape index (κ2) is 7.62. The monoisotopic (exact) mass is 389 g/mol. The van der Waals surface area contributed by atoms with Gasteiger partial charge in [-0.15, -0.1) is 0 Å². The maximum absolute atomic E-state index is 5.56. The van der Waals surface area contributed by atoms with Crippen LogP contribution in [0, 0.1) is 0 Å². The Morgan fingerprint density at radius 3 is 2.72 bits per heavy atom. The molecule has 1 fully saturated rings.